The minimum absolute atomic E-state index is 0.00355. The van der Waals surface area contributed by atoms with E-state index in [1.54, 1.807) is 0 Å². The van der Waals surface area contributed by atoms with Crippen LogP contribution < -0.4 is 20.6 Å². The van der Waals surface area contributed by atoms with Crippen LogP contribution in [0.5, 0.6) is 0 Å². The van der Waals surface area contributed by atoms with Crippen molar-refractivity contribution >= 4 is 90.1 Å². The van der Waals surface area contributed by atoms with Gasteiger partial charge in [-0.15, -0.1) is 0 Å². The van der Waals surface area contributed by atoms with Gasteiger partial charge in [0.1, 0.15) is 16.7 Å². The van der Waals surface area contributed by atoms with Crippen LogP contribution in [0.25, 0.3) is 66.1 Å². The van der Waals surface area contributed by atoms with Gasteiger partial charge < -0.3 is 18.5 Å². The second kappa shape index (κ2) is 11.8. The number of hydrogen-bond donors (Lipinski definition) is 0. The van der Waals surface area contributed by atoms with Crippen LogP contribution in [0, 0.1) is 0 Å². The Labute approximate surface area is 370 Å². The van der Waals surface area contributed by atoms with Gasteiger partial charge >= 0.3 is 6.85 Å². The zero-order valence-corrected chi connectivity index (χ0v) is 35.6. The molecule has 11 aromatic rings. The van der Waals surface area contributed by atoms with Crippen molar-refractivity contribution in [3.05, 3.63) is 210 Å². The van der Waals surface area contributed by atoms with Crippen molar-refractivity contribution in [2.45, 2.75) is 31.6 Å². The highest BCUT2D eigenvalue weighted by Crippen LogP contribution is 2.64. The van der Waals surface area contributed by atoms with Crippen LogP contribution in [0.1, 0.15) is 48.6 Å². The van der Waals surface area contributed by atoms with Crippen molar-refractivity contribution in [1.29, 1.82) is 0 Å². The molecule has 4 aliphatic rings. The maximum atomic E-state index is 7.10. The van der Waals surface area contributed by atoms with E-state index < -0.39 is 5.41 Å². The van der Waals surface area contributed by atoms with Gasteiger partial charge in [-0.2, -0.15) is 0 Å². The van der Waals surface area contributed by atoms with E-state index >= 15 is 0 Å². The van der Waals surface area contributed by atoms with Crippen LogP contribution in [0.2, 0.25) is 0 Å². The lowest BCUT2D eigenvalue weighted by Crippen LogP contribution is -2.62. The van der Waals surface area contributed by atoms with E-state index in [2.05, 4.69) is 212 Å². The molecular formula is C59H39BN2O2. The fourth-order valence-corrected chi connectivity index (χ4v) is 12.4. The van der Waals surface area contributed by atoms with E-state index in [9.17, 15) is 0 Å². The minimum Gasteiger partial charge on any atom is -0.455 e. The Bertz CT molecular complexity index is 3820. The molecule has 0 atom stereocenters. The normalized spacial score (nSPS) is 14.8. The molecule has 5 heteroatoms. The topological polar surface area (TPSA) is 32.8 Å². The molecule has 0 saturated carbocycles. The summed E-state index contributed by atoms with van der Waals surface area (Å²) in [5, 5.41) is 4.43. The first-order valence-corrected chi connectivity index (χ1v) is 22.5. The Hall–Kier alpha value is -7.76. The largest absolute Gasteiger partial charge is 0.455 e. The summed E-state index contributed by atoms with van der Waals surface area (Å²) in [6.07, 6.45) is 0. The molecule has 0 radical (unpaired) electrons. The molecule has 2 aromatic heterocycles. The van der Waals surface area contributed by atoms with Crippen LogP contribution in [0.4, 0.5) is 28.4 Å². The molecular weight excluding hydrogens is 779 g/mol. The molecule has 1 spiro atoms. The Morgan fingerprint density at radius 2 is 1.08 bits per heavy atom. The molecule has 1 aliphatic carbocycles. The van der Waals surface area contributed by atoms with E-state index in [1.165, 1.54) is 66.9 Å². The molecule has 15 rings (SSSR count). The summed E-state index contributed by atoms with van der Waals surface area (Å²) >= 11 is 0. The molecule has 9 aromatic carbocycles. The highest BCUT2D eigenvalue weighted by atomic mass is 16.3. The minimum atomic E-state index is -0.545. The summed E-state index contributed by atoms with van der Waals surface area (Å²) in [5.74, 6) is 0. The molecule has 0 bridgehead atoms. The average Bonchev–Trinajstić information content (AvgIpc) is 3.99. The summed E-state index contributed by atoms with van der Waals surface area (Å²) in [5.41, 5.74) is 22.6. The summed E-state index contributed by atoms with van der Waals surface area (Å²) in [6, 6.07) is 67.8. The second-order valence-electron chi connectivity index (χ2n) is 19.1. The third-order valence-corrected chi connectivity index (χ3v) is 15.0. The Morgan fingerprint density at radius 3 is 1.80 bits per heavy atom. The second-order valence-corrected chi connectivity index (χ2v) is 19.1. The standard InChI is InChI=1S/C59H39BN2O2/c1-58(2,3)34-27-29-35(30-28-34)62-54-41(32-31-40-38-17-6-12-25-50(38)64-57(40)54)52-53-49(33-42-39-18-7-13-26-51(39)63-56(42)52)61-48-24-11-10-21-45(48)59(46-22-14-23-47(55(46)61)60(53)62)43-19-8-4-15-36(43)37-16-5-9-20-44(37)59/h4-33H,1-3H3. The first-order valence-electron chi connectivity index (χ1n) is 22.5. The summed E-state index contributed by atoms with van der Waals surface area (Å²) in [6.45, 7) is 6.62. The lowest BCUT2D eigenvalue weighted by atomic mass is 9.42. The van der Waals surface area contributed by atoms with Crippen LogP contribution in [0.15, 0.2) is 191 Å². The Kier molecular flexibility index (Phi) is 6.43. The molecule has 3 aliphatic heterocycles. The van der Waals surface area contributed by atoms with Gasteiger partial charge in [-0.3, -0.25) is 0 Å². The third-order valence-electron chi connectivity index (χ3n) is 15.0. The van der Waals surface area contributed by atoms with Gasteiger partial charge in [0.25, 0.3) is 0 Å². The quantitative estimate of drug-likeness (QED) is 0.155. The van der Waals surface area contributed by atoms with E-state index in [4.69, 9.17) is 8.83 Å². The predicted molar refractivity (Wildman–Crippen MR) is 264 cm³/mol. The monoisotopic (exact) mass is 818 g/mol. The molecule has 5 heterocycles. The van der Waals surface area contributed by atoms with Crippen molar-refractivity contribution in [2.24, 2.45) is 0 Å². The van der Waals surface area contributed by atoms with Gasteiger partial charge in [-0.05, 0) is 97.7 Å². The average molecular weight is 819 g/mol. The fraction of sp³-hybridized carbons (Fsp3) is 0.0847. The van der Waals surface area contributed by atoms with Crippen LogP contribution >= 0.6 is 0 Å². The van der Waals surface area contributed by atoms with E-state index in [0.717, 1.165) is 66.4 Å². The maximum Gasteiger partial charge on any atom is 0.333 e. The lowest BCUT2D eigenvalue weighted by Gasteiger charge is -2.51. The van der Waals surface area contributed by atoms with Crippen molar-refractivity contribution in [1.82, 2.24) is 0 Å². The summed E-state index contributed by atoms with van der Waals surface area (Å²) < 4.78 is 14.2. The predicted octanol–water partition coefficient (Wildman–Crippen LogP) is 14.2. The number of nitrogens with zero attached hydrogens (tertiary/aromatic N) is 2. The molecule has 64 heavy (non-hydrogen) atoms. The highest BCUT2D eigenvalue weighted by Gasteiger charge is 2.56. The lowest BCUT2D eigenvalue weighted by molar-refractivity contribution is 0.590. The zero-order valence-electron chi connectivity index (χ0n) is 35.6. The molecule has 300 valence electrons. The Morgan fingerprint density at radius 1 is 0.469 bits per heavy atom. The van der Waals surface area contributed by atoms with Gasteiger partial charge in [-0.1, -0.05) is 160 Å². The SMILES string of the molecule is CC(C)(C)c1ccc(N2B3c4cccc5c4N(c4ccccc4C54c5ccccc5-c5ccccc54)c4cc5c(oc6ccccc65)c(c43)-c3ccc4c(oc5ccccc54)c32)cc1. The van der Waals surface area contributed by atoms with Gasteiger partial charge in [0.15, 0.2) is 5.58 Å². The van der Waals surface area contributed by atoms with Crippen molar-refractivity contribution in [3.8, 4) is 22.3 Å². The number of fused-ring (bicyclic) bond motifs is 21. The summed E-state index contributed by atoms with van der Waals surface area (Å²) in [4.78, 5) is 5.21. The van der Waals surface area contributed by atoms with E-state index in [0.29, 0.717) is 0 Å². The highest BCUT2D eigenvalue weighted by molar-refractivity contribution is 6.94. The number of hydrogen-bond acceptors (Lipinski definition) is 4. The first-order chi connectivity index (χ1) is 31.4. The number of anilines is 5. The smallest absolute Gasteiger partial charge is 0.333 e. The van der Waals surface area contributed by atoms with Crippen molar-refractivity contribution in [2.75, 3.05) is 9.71 Å². The molecule has 0 unspecified atom stereocenters. The summed E-state index contributed by atoms with van der Waals surface area (Å²) in [7, 11) is 0. The van der Waals surface area contributed by atoms with Crippen molar-refractivity contribution in [3.63, 3.8) is 0 Å². The van der Waals surface area contributed by atoms with E-state index in [-0.39, 0.29) is 12.3 Å². The molecule has 0 saturated heterocycles. The molecule has 0 amide bonds. The molecule has 0 fully saturated rings. The van der Waals surface area contributed by atoms with E-state index in [1.807, 2.05) is 0 Å². The number of rotatable bonds is 1. The fourth-order valence-electron chi connectivity index (χ4n) is 12.4. The van der Waals surface area contributed by atoms with Crippen molar-refractivity contribution < 1.29 is 8.83 Å². The van der Waals surface area contributed by atoms with Gasteiger partial charge in [0.05, 0.1) is 16.8 Å². The number of para-hydroxylation sites is 4. The maximum absolute atomic E-state index is 7.10. The zero-order chi connectivity index (χ0) is 42.2. The Balaban J connectivity index is 1.15. The van der Waals surface area contributed by atoms with Gasteiger partial charge in [0.2, 0.25) is 0 Å². The van der Waals surface area contributed by atoms with Crippen LogP contribution in [0.3, 0.4) is 0 Å². The van der Waals surface area contributed by atoms with Gasteiger partial charge in [-0.25, -0.2) is 0 Å². The van der Waals surface area contributed by atoms with Crippen LogP contribution in [-0.2, 0) is 10.8 Å². The number of benzene rings is 9. The van der Waals surface area contributed by atoms with Gasteiger partial charge in [0, 0.05) is 49.7 Å². The number of furan rings is 2. The first kappa shape index (κ1) is 34.8. The molecule has 4 nitrogen and oxygen atoms in total. The third kappa shape index (κ3) is 4.08. The molecule has 0 N–H and O–H groups in total. The van der Waals surface area contributed by atoms with Crippen LogP contribution in [-0.4, -0.2) is 6.85 Å².